The molecule has 0 saturated heterocycles. The molecule has 1 aromatic heterocycles. The molecular formula is C25H30N2O. The van der Waals surface area contributed by atoms with Gasteiger partial charge in [-0.2, -0.15) is 0 Å². The number of hydrogen-bond acceptors (Lipinski definition) is 3. The van der Waals surface area contributed by atoms with Crippen LogP contribution in [0.4, 0.5) is 0 Å². The van der Waals surface area contributed by atoms with Gasteiger partial charge in [0.15, 0.2) is 0 Å². The number of nitrogens with zero attached hydrogens (tertiary/aromatic N) is 2. The molecule has 3 nitrogen and oxygen atoms in total. The van der Waals surface area contributed by atoms with E-state index in [1.165, 1.54) is 5.56 Å². The molecule has 0 unspecified atom stereocenters. The normalized spacial score (nSPS) is 22.2. The van der Waals surface area contributed by atoms with Gasteiger partial charge < -0.3 is 10.0 Å². The van der Waals surface area contributed by atoms with E-state index in [0.29, 0.717) is 0 Å². The molecular weight excluding hydrogens is 344 g/mol. The zero-order valence-corrected chi connectivity index (χ0v) is 16.9. The van der Waals surface area contributed by atoms with Crippen LogP contribution < -0.4 is 0 Å². The Morgan fingerprint density at radius 3 is 2.75 bits per heavy atom. The standard InChI is InChI=1S/C25H30N2O/c1-27(2)16-8-15-25(28)22-12-5-3-9-19(22)11-7-13-23(25)21-17-20-10-4-6-14-24(20)26-18-21/h3-6,9-10,12,14,17-18,23,28H,7-8,11,13,15-16H2,1-2H3/t23-,25+/m1/s1. The molecule has 1 aliphatic rings. The second kappa shape index (κ2) is 8.02. The van der Waals surface area contributed by atoms with E-state index < -0.39 is 5.60 Å². The largest absolute Gasteiger partial charge is 0.385 e. The zero-order chi connectivity index (χ0) is 19.6. The minimum atomic E-state index is -0.854. The van der Waals surface area contributed by atoms with Crippen molar-refractivity contribution in [2.24, 2.45) is 0 Å². The van der Waals surface area contributed by atoms with Gasteiger partial charge >= 0.3 is 0 Å². The predicted octanol–water partition coefficient (Wildman–Crippen LogP) is 4.88. The molecule has 4 rings (SSSR count). The van der Waals surface area contributed by atoms with Crippen molar-refractivity contribution in [2.75, 3.05) is 20.6 Å². The number of aryl methyl sites for hydroxylation is 1. The number of fused-ring (bicyclic) bond motifs is 2. The van der Waals surface area contributed by atoms with Crippen LogP contribution in [0.3, 0.4) is 0 Å². The Balaban J connectivity index is 1.78. The van der Waals surface area contributed by atoms with E-state index >= 15 is 0 Å². The van der Waals surface area contributed by atoms with Crippen molar-refractivity contribution in [1.29, 1.82) is 0 Å². The molecule has 0 fully saturated rings. The molecule has 3 heteroatoms. The lowest BCUT2D eigenvalue weighted by atomic mass is 9.73. The summed E-state index contributed by atoms with van der Waals surface area (Å²) in [5.41, 5.74) is 3.72. The summed E-state index contributed by atoms with van der Waals surface area (Å²) in [7, 11) is 4.19. The van der Waals surface area contributed by atoms with Gasteiger partial charge in [0.1, 0.15) is 0 Å². The Kier molecular flexibility index (Phi) is 5.47. The number of aliphatic hydroxyl groups is 1. The molecule has 0 amide bonds. The molecule has 1 heterocycles. The van der Waals surface area contributed by atoms with Gasteiger partial charge in [-0.3, -0.25) is 4.98 Å². The molecule has 3 aromatic rings. The Morgan fingerprint density at radius 2 is 1.89 bits per heavy atom. The second-order valence-corrected chi connectivity index (χ2v) is 8.39. The van der Waals surface area contributed by atoms with Crippen molar-refractivity contribution < 1.29 is 5.11 Å². The van der Waals surface area contributed by atoms with Crippen LogP contribution in [-0.2, 0) is 12.0 Å². The average Bonchev–Trinajstić information content (AvgIpc) is 2.84. The summed E-state index contributed by atoms with van der Waals surface area (Å²) >= 11 is 0. The van der Waals surface area contributed by atoms with Gasteiger partial charge in [-0.25, -0.2) is 0 Å². The maximum Gasteiger partial charge on any atom is 0.0968 e. The molecule has 2 atom stereocenters. The van der Waals surface area contributed by atoms with E-state index in [2.05, 4.69) is 61.5 Å². The smallest absolute Gasteiger partial charge is 0.0968 e. The molecule has 0 spiro atoms. The van der Waals surface area contributed by atoms with Crippen LogP contribution in [0, 0.1) is 0 Å². The highest BCUT2D eigenvalue weighted by molar-refractivity contribution is 5.78. The first kappa shape index (κ1) is 19.1. The van der Waals surface area contributed by atoms with E-state index in [-0.39, 0.29) is 5.92 Å². The quantitative estimate of drug-likeness (QED) is 0.646. The van der Waals surface area contributed by atoms with Crippen LogP contribution >= 0.6 is 0 Å². The molecule has 0 saturated carbocycles. The SMILES string of the molecule is CN(C)CCC[C@]1(O)c2ccccc2CCC[C@@H]1c1cnc2ccccc2c1. The number of pyridine rings is 1. The summed E-state index contributed by atoms with van der Waals surface area (Å²) in [6.07, 6.45) is 6.81. The third-order valence-corrected chi connectivity index (χ3v) is 6.18. The minimum Gasteiger partial charge on any atom is -0.385 e. The van der Waals surface area contributed by atoms with Crippen molar-refractivity contribution >= 4 is 10.9 Å². The monoisotopic (exact) mass is 374 g/mol. The van der Waals surface area contributed by atoms with Crippen molar-refractivity contribution in [3.8, 4) is 0 Å². The van der Waals surface area contributed by atoms with Crippen LogP contribution in [-0.4, -0.2) is 35.6 Å². The number of aromatic nitrogens is 1. The second-order valence-electron chi connectivity index (χ2n) is 8.39. The van der Waals surface area contributed by atoms with Crippen LogP contribution in [0.5, 0.6) is 0 Å². The fourth-order valence-corrected chi connectivity index (χ4v) is 4.78. The predicted molar refractivity (Wildman–Crippen MR) is 116 cm³/mol. The van der Waals surface area contributed by atoms with Crippen LogP contribution in [0.25, 0.3) is 10.9 Å². The van der Waals surface area contributed by atoms with Crippen LogP contribution in [0.2, 0.25) is 0 Å². The molecule has 28 heavy (non-hydrogen) atoms. The third kappa shape index (κ3) is 3.69. The van der Waals surface area contributed by atoms with Crippen molar-refractivity contribution in [3.05, 3.63) is 77.5 Å². The lowest BCUT2D eigenvalue weighted by molar-refractivity contribution is -0.00610. The van der Waals surface area contributed by atoms with E-state index in [1.807, 2.05) is 18.3 Å². The van der Waals surface area contributed by atoms with E-state index in [9.17, 15) is 5.11 Å². The van der Waals surface area contributed by atoms with E-state index in [1.54, 1.807) is 0 Å². The Bertz CT molecular complexity index is 952. The maximum atomic E-state index is 12.2. The van der Waals surface area contributed by atoms with Gasteiger partial charge in [0, 0.05) is 17.5 Å². The topological polar surface area (TPSA) is 36.4 Å². The van der Waals surface area contributed by atoms with Gasteiger partial charge in [-0.1, -0.05) is 42.5 Å². The number of benzene rings is 2. The summed E-state index contributed by atoms with van der Waals surface area (Å²) < 4.78 is 0. The Labute approximate surface area is 168 Å². The van der Waals surface area contributed by atoms with Crippen molar-refractivity contribution in [1.82, 2.24) is 9.88 Å². The molecule has 0 aliphatic heterocycles. The third-order valence-electron chi connectivity index (χ3n) is 6.18. The van der Waals surface area contributed by atoms with Gasteiger partial charge in [-0.05, 0) is 81.6 Å². The molecule has 1 N–H and O–H groups in total. The van der Waals surface area contributed by atoms with Crippen molar-refractivity contribution in [3.63, 3.8) is 0 Å². The summed E-state index contributed by atoms with van der Waals surface area (Å²) in [6.45, 7) is 0.979. The molecule has 1 aliphatic carbocycles. The van der Waals surface area contributed by atoms with Gasteiger partial charge in [0.05, 0.1) is 11.1 Å². The Hall–Kier alpha value is -2.23. The molecule has 2 aromatic carbocycles. The van der Waals surface area contributed by atoms with Gasteiger partial charge in [-0.15, -0.1) is 0 Å². The highest BCUT2D eigenvalue weighted by atomic mass is 16.3. The summed E-state index contributed by atoms with van der Waals surface area (Å²) in [5.74, 6) is 0.0652. The highest BCUT2D eigenvalue weighted by Gasteiger charge is 2.41. The Morgan fingerprint density at radius 1 is 1.11 bits per heavy atom. The lowest BCUT2D eigenvalue weighted by Gasteiger charge is -2.37. The number of para-hydroxylation sites is 1. The lowest BCUT2D eigenvalue weighted by Crippen LogP contribution is -2.34. The summed E-state index contributed by atoms with van der Waals surface area (Å²) in [6, 6.07) is 19.0. The number of rotatable bonds is 5. The van der Waals surface area contributed by atoms with Crippen LogP contribution in [0.1, 0.15) is 48.3 Å². The summed E-state index contributed by atoms with van der Waals surface area (Å²) in [4.78, 5) is 6.89. The maximum absolute atomic E-state index is 12.2. The van der Waals surface area contributed by atoms with Gasteiger partial charge in [0.25, 0.3) is 0 Å². The fraction of sp³-hybridized carbons (Fsp3) is 0.400. The first-order valence-electron chi connectivity index (χ1n) is 10.4. The molecule has 0 bridgehead atoms. The first-order chi connectivity index (χ1) is 13.6. The molecule has 0 radical (unpaired) electrons. The number of hydrogen-bond donors (Lipinski definition) is 1. The van der Waals surface area contributed by atoms with E-state index in [0.717, 1.165) is 60.7 Å². The average molecular weight is 375 g/mol. The highest BCUT2D eigenvalue weighted by Crippen LogP contribution is 2.47. The van der Waals surface area contributed by atoms with Gasteiger partial charge in [0.2, 0.25) is 0 Å². The zero-order valence-electron chi connectivity index (χ0n) is 16.9. The minimum absolute atomic E-state index is 0.0652. The van der Waals surface area contributed by atoms with E-state index in [4.69, 9.17) is 4.98 Å². The fourth-order valence-electron chi connectivity index (χ4n) is 4.78. The summed E-state index contributed by atoms with van der Waals surface area (Å²) in [5, 5.41) is 13.3. The van der Waals surface area contributed by atoms with Crippen LogP contribution in [0.15, 0.2) is 60.8 Å². The van der Waals surface area contributed by atoms with Crippen molar-refractivity contribution in [2.45, 2.75) is 43.6 Å². The first-order valence-corrected chi connectivity index (χ1v) is 10.4. The molecule has 146 valence electrons.